The quantitative estimate of drug-likeness (QED) is 0.722. The molecule has 0 radical (unpaired) electrons. The largest absolute Gasteiger partial charge is 0.368 e. The van der Waals surface area contributed by atoms with Gasteiger partial charge in [-0.25, -0.2) is 4.98 Å². The van der Waals surface area contributed by atoms with Gasteiger partial charge in [0.15, 0.2) is 0 Å². The highest BCUT2D eigenvalue weighted by Gasteiger charge is 2.25. The Labute approximate surface area is 141 Å². The van der Waals surface area contributed by atoms with E-state index < -0.39 is 0 Å². The first kappa shape index (κ1) is 14.9. The summed E-state index contributed by atoms with van der Waals surface area (Å²) in [5.74, 6) is 1.31. The maximum absolute atomic E-state index is 5.85. The van der Waals surface area contributed by atoms with Crippen molar-refractivity contribution in [2.24, 2.45) is 0 Å². The molecule has 8 heteroatoms. The number of ether oxygens (including phenoxy) is 1. The van der Waals surface area contributed by atoms with Gasteiger partial charge in [0.1, 0.15) is 11.1 Å². The van der Waals surface area contributed by atoms with Gasteiger partial charge in [0.05, 0.1) is 18.0 Å². The Hall–Kier alpha value is -1.61. The molecule has 0 N–H and O–H groups in total. The molecule has 120 valence electrons. The van der Waals surface area contributed by atoms with Crippen molar-refractivity contribution in [3.8, 4) is 10.7 Å². The maximum Gasteiger partial charge on any atom is 0.241 e. The van der Waals surface area contributed by atoms with Gasteiger partial charge >= 0.3 is 0 Å². The monoisotopic (exact) mass is 348 g/mol. The van der Waals surface area contributed by atoms with Crippen molar-refractivity contribution in [3.05, 3.63) is 39.5 Å². The van der Waals surface area contributed by atoms with E-state index >= 15 is 0 Å². The van der Waals surface area contributed by atoms with Gasteiger partial charge in [-0.3, -0.25) is 4.90 Å². The van der Waals surface area contributed by atoms with Gasteiger partial charge in [-0.15, -0.1) is 22.7 Å². The van der Waals surface area contributed by atoms with Gasteiger partial charge in [0, 0.05) is 24.2 Å². The number of rotatable bonds is 4. The van der Waals surface area contributed by atoms with Crippen LogP contribution in [0.5, 0.6) is 0 Å². The number of hydrogen-bond acceptors (Lipinski definition) is 8. The second-order valence-electron chi connectivity index (χ2n) is 5.41. The second-order valence-corrected chi connectivity index (χ2v) is 7.25. The summed E-state index contributed by atoms with van der Waals surface area (Å²) in [5.41, 5.74) is 1.04. The fourth-order valence-corrected chi connectivity index (χ4v) is 4.02. The van der Waals surface area contributed by atoms with E-state index in [9.17, 15) is 0 Å². The molecule has 0 aromatic carbocycles. The minimum absolute atomic E-state index is 0.0298. The Bertz CT molecular complexity index is 768. The van der Waals surface area contributed by atoms with Crippen LogP contribution in [0, 0.1) is 6.92 Å². The smallest absolute Gasteiger partial charge is 0.241 e. The van der Waals surface area contributed by atoms with Crippen LogP contribution >= 0.6 is 22.7 Å². The molecule has 3 aromatic rings. The van der Waals surface area contributed by atoms with Gasteiger partial charge < -0.3 is 9.26 Å². The lowest BCUT2D eigenvalue weighted by molar-refractivity contribution is -0.0357. The van der Waals surface area contributed by atoms with Crippen LogP contribution in [0.15, 0.2) is 27.4 Å². The van der Waals surface area contributed by atoms with Crippen LogP contribution in [0.3, 0.4) is 0 Å². The highest BCUT2D eigenvalue weighted by Crippen LogP contribution is 2.26. The highest BCUT2D eigenvalue weighted by atomic mass is 32.1. The van der Waals surface area contributed by atoms with E-state index in [0.717, 1.165) is 28.7 Å². The molecular weight excluding hydrogens is 332 g/mol. The normalized spacial score (nSPS) is 19.3. The molecule has 1 aliphatic rings. The lowest BCUT2D eigenvalue weighted by Gasteiger charge is -2.30. The lowest BCUT2D eigenvalue weighted by Crippen LogP contribution is -2.37. The number of thiazole rings is 1. The summed E-state index contributed by atoms with van der Waals surface area (Å²) < 4.78 is 11.2. The van der Waals surface area contributed by atoms with Crippen LogP contribution in [-0.2, 0) is 11.3 Å². The van der Waals surface area contributed by atoms with E-state index in [1.165, 1.54) is 0 Å². The summed E-state index contributed by atoms with van der Waals surface area (Å²) in [5, 5.41) is 9.17. The zero-order valence-electron chi connectivity index (χ0n) is 12.6. The zero-order valence-corrected chi connectivity index (χ0v) is 14.3. The summed E-state index contributed by atoms with van der Waals surface area (Å²) >= 11 is 3.26. The van der Waals surface area contributed by atoms with Gasteiger partial charge in [0.2, 0.25) is 11.7 Å². The first-order valence-electron chi connectivity index (χ1n) is 7.40. The van der Waals surface area contributed by atoms with E-state index in [1.54, 1.807) is 22.7 Å². The molecular formula is C15H16N4O2S2. The standard InChI is InChI=1S/C15H16N4O2S2/c1-10-9-23-15(16-10)11-7-19(4-5-20-11)8-13-17-14(18-21-13)12-3-2-6-22-12/h2-3,6,9,11H,4-5,7-8H2,1H3/t11-/m1/s1. The van der Waals surface area contributed by atoms with Crippen LogP contribution in [0.1, 0.15) is 22.7 Å². The highest BCUT2D eigenvalue weighted by molar-refractivity contribution is 7.13. The Morgan fingerprint density at radius 2 is 2.30 bits per heavy atom. The molecule has 1 aliphatic heterocycles. The van der Waals surface area contributed by atoms with Crippen molar-refractivity contribution in [3.63, 3.8) is 0 Å². The fraction of sp³-hybridized carbons (Fsp3) is 0.400. The topological polar surface area (TPSA) is 64.3 Å². The van der Waals surface area contributed by atoms with Crippen molar-refractivity contribution in [2.75, 3.05) is 19.7 Å². The van der Waals surface area contributed by atoms with Crippen molar-refractivity contribution < 1.29 is 9.26 Å². The molecule has 0 aliphatic carbocycles. The first-order valence-corrected chi connectivity index (χ1v) is 9.16. The maximum atomic E-state index is 5.85. The van der Waals surface area contributed by atoms with Gasteiger partial charge in [-0.1, -0.05) is 11.2 Å². The molecule has 3 aromatic heterocycles. The SMILES string of the molecule is Cc1csc([C@H]2CN(Cc3nc(-c4cccs4)no3)CCO2)n1. The molecule has 0 unspecified atom stereocenters. The van der Waals surface area contributed by atoms with E-state index in [4.69, 9.17) is 9.26 Å². The molecule has 6 nitrogen and oxygen atoms in total. The Morgan fingerprint density at radius 1 is 1.35 bits per heavy atom. The molecule has 23 heavy (non-hydrogen) atoms. The number of thiophene rings is 1. The number of aryl methyl sites for hydroxylation is 1. The minimum Gasteiger partial charge on any atom is -0.368 e. The Balaban J connectivity index is 1.42. The van der Waals surface area contributed by atoms with Gasteiger partial charge in [-0.2, -0.15) is 4.98 Å². The summed E-state index contributed by atoms with van der Waals surface area (Å²) in [6, 6.07) is 3.98. The molecule has 1 saturated heterocycles. The lowest BCUT2D eigenvalue weighted by atomic mass is 10.3. The van der Waals surface area contributed by atoms with Crippen LogP contribution < -0.4 is 0 Å². The Kier molecular flexibility index (Phi) is 4.21. The van der Waals surface area contributed by atoms with E-state index in [-0.39, 0.29) is 6.10 Å². The summed E-state index contributed by atoms with van der Waals surface area (Å²) in [6.07, 6.45) is 0.0298. The number of nitrogens with zero attached hydrogens (tertiary/aromatic N) is 4. The molecule has 1 atom stereocenters. The van der Waals surface area contributed by atoms with Crippen LogP contribution in [0.4, 0.5) is 0 Å². The third-order valence-electron chi connectivity index (χ3n) is 3.63. The summed E-state index contributed by atoms with van der Waals surface area (Å²) in [6.45, 7) is 4.99. The molecule has 4 rings (SSSR count). The summed E-state index contributed by atoms with van der Waals surface area (Å²) in [7, 11) is 0. The van der Waals surface area contributed by atoms with E-state index in [1.807, 2.05) is 24.4 Å². The predicted octanol–water partition coefficient (Wildman–Crippen LogP) is 3.14. The average molecular weight is 348 g/mol. The van der Waals surface area contributed by atoms with Crippen molar-refractivity contribution in [1.29, 1.82) is 0 Å². The third kappa shape index (κ3) is 3.35. The Morgan fingerprint density at radius 3 is 3.09 bits per heavy atom. The van der Waals surface area contributed by atoms with Crippen molar-refractivity contribution >= 4 is 22.7 Å². The van der Waals surface area contributed by atoms with Gasteiger partial charge in [0.25, 0.3) is 0 Å². The first-order chi connectivity index (χ1) is 11.3. The van der Waals surface area contributed by atoms with Crippen molar-refractivity contribution in [2.45, 2.75) is 19.6 Å². The minimum atomic E-state index is 0.0298. The molecule has 0 spiro atoms. The zero-order chi connectivity index (χ0) is 15.6. The van der Waals surface area contributed by atoms with Gasteiger partial charge in [-0.05, 0) is 18.4 Å². The average Bonchev–Trinajstić information content (AvgIpc) is 3.28. The third-order valence-corrected chi connectivity index (χ3v) is 5.55. The number of hydrogen-bond donors (Lipinski definition) is 0. The van der Waals surface area contributed by atoms with Crippen LogP contribution in [0.25, 0.3) is 10.7 Å². The number of aromatic nitrogens is 3. The second kappa shape index (κ2) is 6.48. The molecule has 0 bridgehead atoms. The molecule has 0 amide bonds. The van der Waals surface area contributed by atoms with Crippen LogP contribution in [0.2, 0.25) is 0 Å². The van der Waals surface area contributed by atoms with Crippen LogP contribution in [-0.4, -0.2) is 39.7 Å². The molecule has 0 saturated carbocycles. The molecule has 1 fully saturated rings. The van der Waals surface area contributed by atoms with E-state index in [0.29, 0.717) is 24.9 Å². The molecule has 4 heterocycles. The summed E-state index contributed by atoms with van der Waals surface area (Å²) in [4.78, 5) is 12.3. The predicted molar refractivity (Wildman–Crippen MR) is 88.4 cm³/mol. The van der Waals surface area contributed by atoms with Crippen molar-refractivity contribution in [1.82, 2.24) is 20.0 Å². The number of morpholine rings is 1. The fourth-order valence-electron chi connectivity index (χ4n) is 2.53. The van der Waals surface area contributed by atoms with E-state index in [2.05, 4.69) is 25.4 Å².